The van der Waals surface area contributed by atoms with Gasteiger partial charge in [-0.25, -0.2) is 9.97 Å². The molecule has 0 bridgehead atoms. The summed E-state index contributed by atoms with van der Waals surface area (Å²) in [6.45, 7) is 8.03. The van der Waals surface area contributed by atoms with E-state index >= 15 is 0 Å². The SMILES string of the molecule is COc1ccc(C)cc1NC(=O)c1cnc(NC(C)(C)C)cn1. The number of methoxy groups -OCH3 is 1. The third-order valence-corrected chi connectivity index (χ3v) is 2.99. The van der Waals surface area contributed by atoms with Crippen LogP contribution in [-0.2, 0) is 0 Å². The molecule has 6 heteroatoms. The van der Waals surface area contributed by atoms with E-state index in [9.17, 15) is 4.79 Å². The Bertz CT molecular complexity index is 691. The zero-order valence-corrected chi connectivity index (χ0v) is 14.1. The summed E-state index contributed by atoms with van der Waals surface area (Å²) in [6, 6.07) is 5.58. The van der Waals surface area contributed by atoms with Gasteiger partial charge in [0.2, 0.25) is 0 Å². The fraction of sp³-hybridized carbons (Fsp3) is 0.353. The van der Waals surface area contributed by atoms with Gasteiger partial charge in [-0.1, -0.05) is 6.07 Å². The van der Waals surface area contributed by atoms with Crippen molar-refractivity contribution in [1.82, 2.24) is 9.97 Å². The predicted octanol–water partition coefficient (Wildman–Crippen LogP) is 3.26. The van der Waals surface area contributed by atoms with Gasteiger partial charge in [-0.15, -0.1) is 0 Å². The average molecular weight is 314 g/mol. The van der Waals surface area contributed by atoms with Gasteiger partial charge in [0.05, 0.1) is 25.2 Å². The molecule has 2 N–H and O–H groups in total. The van der Waals surface area contributed by atoms with Crippen molar-refractivity contribution in [2.75, 3.05) is 17.7 Å². The summed E-state index contributed by atoms with van der Waals surface area (Å²) in [5, 5.41) is 6.00. The number of carbonyl (C=O) groups is 1. The maximum absolute atomic E-state index is 12.3. The van der Waals surface area contributed by atoms with Crippen molar-refractivity contribution < 1.29 is 9.53 Å². The Morgan fingerprint density at radius 1 is 1.17 bits per heavy atom. The molecule has 0 aliphatic heterocycles. The van der Waals surface area contributed by atoms with Gasteiger partial charge in [-0.2, -0.15) is 0 Å². The molecule has 0 saturated carbocycles. The van der Waals surface area contributed by atoms with Crippen molar-refractivity contribution in [2.24, 2.45) is 0 Å². The molecule has 0 fully saturated rings. The van der Waals surface area contributed by atoms with Gasteiger partial charge in [-0.3, -0.25) is 4.79 Å². The van der Waals surface area contributed by atoms with Crippen LogP contribution < -0.4 is 15.4 Å². The summed E-state index contributed by atoms with van der Waals surface area (Å²) < 4.78 is 5.25. The van der Waals surface area contributed by atoms with E-state index in [2.05, 4.69) is 20.6 Å². The van der Waals surface area contributed by atoms with Crippen molar-refractivity contribution in [3.63, 3.8) is 0 Å². The first-order valence-electron chi connectivity index (χ1n) is 7.35. The van der Waals surface area contributed by atoms with E-state index in [4.69, 9.17) is 4.74 Å². The van der Waals surface area contributed by atoms with Gasteiger partial charge in [0.25, 0.3) is 5.91 Å². The smallest absolute Gasteiger partial charge is 0.275 e. The predicted molar refractivity (Wildman–Crippen MR) is 91.1 cm³/mol. The van der Waals surface area contributed by atoms with E-state index < -0.39 is 0 Å². The molecule has 0 radical (unpaired) electrons. The van der Waals surface area contributed by atoms with Crippen molar-refractivity contribution in [1.29, 1.82) is 0 Å². The number of hydrogen-bond acceptors (Lipinski definition) is 5. The van der Waals surface area contributed by atoms with Crippen LogP contribution in [0.15, 0.2) is 30.6 Å². The molecule has 6 nitrogen and oxygen atoms in total. The molecule has 0 spiro atoms. The number of carbonyl (C=O) groups excluding carboxylic acids is 1. The van der Waals surface area contributed by atoms with E-state index in [1.807, 2.05) is 45.9 Å². The zero-order valence-electron chi connectivity index (χ0n) is 14.1. The molecule has 1 heterocycles. The first kappa shape index (κ1) is 16.7. The molecule has 122 valence electrons. The number of hydrogen-bond donors (Lipinski definition) is 2. The Kier molecular flexibility index (Phi) is 4.83. The Hall–Kier alpha value is -2.63. The number of nitrogens with zero attached hydrogens (tertiary/aromatic N) is 2. The fourth-order valence-electron chi connectivity index (χ4n) is 2.00. The molecule has 2 rings (SSSR count). The summed E-state index contributed by atoms with van der Waals surface area (Å²) in [5.74, 6) is 0.897. The lowest BCUT2D eigenvalue weighted by molar-refractivity contribution is 0.102. The van der Waals surface area contributed by atoms with Crippen molar-refractivity contribution in [2.45, 2.75) is 33.2 Å². The van der Waals surface area contributed by atoms with E-state index in [0.717, 1.165) is 5.56 Å². The standard InChI is InChI=1S/C17H22N4O2/c1-11-6-7-14(23-5)12(8-11)20-16(22)13-9-19-15(10-18-13)21-17(2,3)4/h6-10H,1-5H3,(H,19,21)(H,20,22). The van der Waals surface area contributed by atoms with Crippen LogP contribution in [-0.4, -0.2) is 28.5 Å². The first-order valence-corrected chi connectivity index (χ1v) is 7.35. The molecular formula is C17H22N4O2. The van der Waals surface area contributed by atoms with Gasteiger partial charge >= 0.3 is 0 Å². The van der Waals surface area contributed by atoms with Crippen molar-refractivity contribution >= 4 is 17.4 Å². The first-order chi connectivity index (χ1) is 10.8. The second-order valence-corrected chi connectivity index (χ2v) is 6.32. The molecule has 1 amide bonds. The van der Waals surface area contributed by atoms with E-state index in [0.29, 0.717) is 17.3 Å². The molecule has 23 heavy (non-hydrogen) atoms. The lowest BCUT2D eigenvalue weighted by Crippen LogP contribution is -2.27. The number of amides is 1. The molecule has 1 aromatic heterocycles. The minimum Gasteiger partial charge on any atom is -0.495 e. The lowest BCUT2D eigenvalue weighted by Gasteiger charge is -2.20. The second kappa shape index (κ2) is 6.64. The molecule has 2 aromatic rings. The third-order valence-electron chi connectivity index (χ3n) is 2.99. The number of rotatable bonds is 4. The number of ether oxygens (including phenoxy) is 1. The molecule has 0 aliphatic rings. The lowest BCUT2D eigenvalue weighted by atomic mass is 10.1. The van der Waals surface area contributed by atoms with Crippen LogP contribution in [0.4, 0.5) is 11.5 Å². The molecule has 0 aliphatic carbocycles. The number of aryl methyl sites for hydroxylation is 1. The van der Waals surface area contributed by atoms with Crippen LogP contribution in [0, 0.1) is 6.92 Å². The molecule has 0 saturated heterocycles. The number of anilines is 2. The normalized spacial score (nSPS) is 11.0. The highest BCUT2D eigenvalue weighted by Gasteiger charge is 2.14. The Morgan fingerprint density at radius 3 is 2.48 bits per heavy atom. The largest absolute Gasteiger partial charge is 0.495 e. The minimum atomic E-state index is -0.330. The summed E-state index contributed by atoms with van der Waals surface area (Å²) in [7, 11) is 1.56. The molecular weight excluding hydrogens is 292 g/mol. The maximum Gasteiger partial charge on any atom is 0.275 e. The Morgan fingerprint density at radius 2 is 1.91 bits per heavy atom. The van der Waals surface area contributed by atoms with Crippen LogP contribution in [0.3, 0.4) is 0 Å². The summed E-state index contributed by atoms with van der Waals surface area (Å²) in [4.78, 5) is 20.7. The summed E-state index contributed by atoms with van der Waals surface area (Å²) in [6.07, 6.45) is 3.00. The Labute approximate surface area is 136 Å². The van der Waals surface area contributed by atoms with E-state index in [1.54, 1.807) is 13.3 Å². The summed E-state index contributed by atoms with van der Waals surface area (Å²) >= 11 is 0. The average Bonchev–Trinajstić information content (AvgIpc) is 2.46. The highest BCUT2D eigenvalue weighted by molar-refractivity contribution is 6.03. The molecule has 1 aromatic carbocycles. The van der Waals surface area contributed by atoms with Gasteiger partial charge in [0.1, 0.15) is 17.3 Å². The number of nitrogens with one attached hydrogen (secondary N) is 2. The number of aromatic nitrogens is 2. The van der Waals surface area contributed by atoms with Crippen LogP contribution in [0.25, 0.3) is 0 Å². The summed E-state index contributed by atoms with van der Waals surface area (Å²) in [5.41, 5.74) is 1.76. The third kappa shape index (κ3) is 4.67. The van der Waals surface area contributed by atoms with E-state index in [-0.39, 0.29) is 17.1 Å². The topological polar surface area (TPSA) is 76.1 Å². The maximum atomic E-state index is 12.3. The minimum absolute atomic E-state index is 0.118. The van der Waals surface area contributed by atoms with Gasteiger partial charge in [-0.05, 0) is 45.4 Å². The highest BCUT2D eigenvalue weighted by atomic mass is 16.5. The van der Waals surface area contributed by atoms with Crippen LogP contribution in [0.1, 0.15) is 36.8 Å². The monoisotopic (exact) mass is 314 g/mol. The van der Waals surface area contributed by atoms with Crippen LogP contribution in [0.2, 0.25) is 0 Å². The van der Waals surface area contributed by atoms with Crippen LogP contribution >= 0.6 is 0 Å². The molecule has 0 unspecified atom stereocenters. The number of benzene rings is 1. The second-order valence-electron chi connectivity index (χ2n) is 6.32. The Balaban J connectivity index is 2.14. The van der Waals surface area contributed by atoms with Gasteiger partial charge < -0.3 is 15.4 Å². The zero-order chi connectivity index (χ0) is 17.0. The highest BCUT2D eigenvalue weighted by Crippen LogP contribution is 2.25. The fourth-order valence-corrected chi connectivity index (χ4v) is 2.00. The van der Waals surface area contributed by atoms with Gasteiger partial charge in [0.15, 0.2) is 0 Å². The van der Waals surface area contributed by atoms with Crippen molar-refractivity contribution in [3.05, 3.63) is 41.9 Å². The van der Waals surface area contributed by atoms with Crippen LogP contribution in [0.5, 0.6) is 5.75 Å². The van der Waals surface area contributed by atoms with Crippen molar-refractivity contribution in [3.8, 4) is 5.75 Å². The quantitative estimate of drug-likeness (QED) is 0.906. The van der Waals surface area contributed by atoms with E-state index in [1.165, 1.54) is 6.20 Å². The molecule has 0 atom stereocenters. The van der Waals surface area contributed by atoms with Gasteiger partial charge in [0, 0.05) is 5.54 Å².